The predicted molar refractivity (Wildman–Crippen MR) is 80.8 cm³/mol. The van der Waals surface area contributed by atoms with Crippen LogP contribution in [0.4, 0.5) is 0 Å². The Morgan fingerprint density at radius 3 is 2.43 bits per heavy atom. The lowest BCUT2D eigenvalue weighted by Gasteiger charge is -2.13. The van der Waals surface area contributed by atoms with E-state index in [9.17, 15) is 13.2 Å². The quantitative estimate of drug-likeness (QED) is 0.853. The summed E-state index contributed by atoms with van der Waals surface area (Å²) in [6.45, 7) is 1.77. The van der Waals surface area contributed by atoms with Crippen LogP contribution in [-0.2, 0) is 13.8 Å². The Hall–Kier alpha value is -1.79. The van der Waals surface area contributed by atoms with Crippen LogP contribution in [0.15, 0.2) is 41.3 Å². The number of hydrogen-bond donors (Lipinski definition) is 1. The van der Waals surface area contributed by atoms with Gasteiger partial charge in [-0.05, 0) is 12.1 Å². The van der Waals surface area contributed by atoms with Gasteiger partial charge in [0, 0.05) is 21.5 Å². The third-order valence-corrected chi connectivity index (χ3v) is 4.46. The SMILES string of the molecule is CC(COc1ccc(S(=O)(=O)Cl)c2ccccc12)C(N)=O. The second-order valence-electron chi connectivity index (χ2n) is 4.66. The van der Waals surface area contributed by atoms with Gasteiger partial charge in [-0.2, -0.15) is 0 Å². The zero-order chi connectivity index (χ0) is 15.6. The van der Waals surface area contributed by atoms with Gasteiger partial charge in [-0.3, -0.25) is 4.79 Å². The van der Waals surface area contributed by atoms with Crippen molar-refractivity contribution in [2.24, 2.45) is 11.7 Å². The second kappa shape index (κ2) is 5.91. The predicted octanol–water partition coefficient (Wildman–Crippen LogP) is 2.27. The van der Waals surface area contributed by atoms with Gasteiger partial charge < -0.3 is 10.5 Å². The van der Waals surface area contributed by atoms with Crippen LogP contribution in [0.2, 0.25) is 0 Å². The molecule has 2 aromatic carbocycles. The van der Waals surface area contributed by atoms with Gasteiger partial charge in [0.1, 0.15) is 5.75 Å². The molecule has 0 aromatic heterocycles. The molecular weight excluding hydrogens is 314 g/mol. The monoisotopic (exact) mass is 327 g/mol. The van der Waals surface area contributed by atoms with Crippen molar-refractivity contribution in [2.45, 2.75) is 11.8 Å². The molecule has 0 heterocycles. The van der Waals surface area contributed by atoms with E-state index in [1.54, 1.807) is 31.2 Å². The molecule has 2 aromatic rings. The lowest BCUT2D eigenvalue weighted by molar-refractivity contribution is -0.122. The zero-order valence-corrected chi connectivity index (χ0v) is 12.8. The van der Waals surface area contributed by atoms with E-state index in [0.29, 0.717) is 16.5 Å². The van der Waals surface area contributed by atoms with Crippen LogP contribution in [0.25, 0.3) is 10.8 Å². The van der Waals surface area contributed by atoms with Crippen LogP contribution in [-0.4, -0.2) is 20.9 Å². The summed E-state index contributed by atoms with van der Waals surface area (Å²) in [6.07, 6.45) is 0. The molecule has 0 aliphatic rings. The summed E-state index contributed by atoms with van der Waals surface area (Å²) >= 11 is 0. The molecule has 7 heteroatoms. The first kappa shape index (κ1) is 15.6. The summed E-state index contributed by atoms with van der Waals surface area (Å²) in [5.41, 5.74) is 5.18. The largest absolute Gasteiger partial charge is 0.492 e. The molecule has 0 aliphatic heterocycles. The molecule has 0 fully saturated rings. The molecule has 0 aliphatic carbocycles. The first-order chi connectivity index (χ1) is 9.80. The summed E-state index contributed by atoms with van der Waals surface area (Å²) in [6, 6.07) is 9.75. The lowest BCUT2D eigenvalue weighted by atomic mass is 10.1. The molecule has 5 nitrogen and oxygen atoms in total. The van der Waals surface area contributed by atoms with E-state index in [1.807, 2.05) is 0 Å². The summed E-state index contributed by atoms with van der Waals surface area (Å²) in [7, 11) is 1.58. The minimum atomic E-state index is -3.85. The Kier molecular flexibility index (Phi) is 4.39. The topological polar surface area (TPSA) is 86.5 Å². The molecule has 0 saturated heterocycles. The molecule has 21 heavy (non-hydrogen) atoms. The van der Waals surface area contributed by atoms with Crippen molar-refractivity contribution in [3.63, 3.8) is 0 Å². The van der Waals surface area contributed by atoms with E-state index in [-0.39, 0.29) is 11.5 Å². The van der Waals surface area contributed by atoms with E-state index in [4.69, 9.17) is 21.2 Å². The van der Waals surface area contributed by atoms with Gasteiger partial charge in [0.25, 0.3) is 9.05 Å². The number of carbonyl (C=O) groups excluding carboxylic acids is 1. The van der Waals surface area contributed by atoms with Crippen LogP contribution < -0.4 is 10.5 Å². The minimum Gasteiger partial charge on any atom is -0.492 e. The van der Waals surface area contributed by atoms with Crippen molar-refractivity contribution in [1.82, 2.24) is 0 Å². The standard InChI is InChI=1S/C14H14ClNO4S/c1-9(14(16)17)8-20-12-6-7-13(21(15,18)19)11-5-3-2-4-10(11)12/h2-7,9H,8H2,1H3,(H2,16,17). The number of amides is 1. The summed E-state index contributed by atoms with van der Waals surface area (Å²) < 4.78 is 28.7. The Bertz CT molecular complexity index is 789. The Morgan fingerprint density at radius 2 is 1.86 bits per heavy atom. The summed E-state index contributed by atoms with van der Waals surface area (Å²) in [4.78, 5) is 11.0. The molecule has 2 rings (SSSR count). The first-order valence-corrected chi connectivity index (χ1v) is 8.50. The van der Waals surface area contributed by atoms with E-state index >= 15 is 0 Å². The maximum absolute atomic E-state index is 11.6. The van der Waals surface area contributed by atoms with Gasteiger partial charge in [-0.25, -0.2) is 8.42 Å². The first-order valence-electron chi connectivity index (χ1n) is 6.19. The third-order valence-electron chi connectivity index (χ3n) is 3.08. The molecule has 0 spiro atoms. The van der Waals surface area contributed by atoms with Crippen molar-refractivity contribution in [1.29, 1.82) is 0 Å². The highest BCUT2D eigenvalue weighted by molar-refractivity contribution is 8.14. The van der Waals surface area contributed by atoms with E-state index in [2.05, 4.69) is 0 Å². The fourth-order valence-corrected chi connectivity index (χ4v) is 2.95. The van der Waals surface area contributed by atoms with E-state index in [1.165, 1.54) is 12.1 Å². The highest BCUT2D eigenvalue weighted by Gasteiger charge is 2.17. The van der Waals surface area contributed by atoms with Crippen molar-refractivity contribution in [3.05, 3.63) is 36.4 Å². The maximum atomic E-state index is 11.6. The Balaban J connectivity index is 2.46. The maximum Gasteiger partial charge on any atom is 0.261 e. The molecule has 0 saturated carbocycles. The highest BCUT2D eigenvalue weighted by atomic mass is 35.7. The lowest BCUT2D eigenvalue weighted by Crippen LogP contribution is -2.25. The van der Waals surface area contributed by atoms with E-state index in [0.717, 1.165) is 0 Å². The van der Waals surface area contributed by atoms with Gasteiger partial charge >= 0.3 is 0 Å². The van der Waals surface area contributed by atoms with Crippen LogP contribution in [0.5, 0.6) is 5.75 Å². The molecule has 112 valence electrons. The molecule has 0 bridgehead atoms. The molecule has 0 radical (unpaired) electrons. The number of rotatable bonds is 5. The third kappa shape index (κ3) is 3.46. The van der Waals surface area contributed by atoms with Gasteiger partial charge in [0.2, 0.25) is 5.91 Å². The van der Waals surface area contributed by atoms with Crippen LogP contribution in [0, 0.1) is 5.92 Å². The number of nitrogens with two attached hydrogens (primary N) is 1. The second-order valence-corrected chi connectivity index (χ2v) is 7.19. The normalized spacial score (nSPS) is 13.0. The number of halogens is 1. The Labute approximate surface area is 127 Å². The number of ether oxygens (including phenoxy) is 1. The number of hydrogen-bond acceptors (Lipinski definition) is 4. The summed E-state index contributed by atoms with van der Waals surface area (Å²) in [5, 5.41) is 1.08. The van der Waals surface area contributed by atoms with Crippen molar-refractivity contribution in [2.75, 3.05) is 6.61 Å². The molecule has 2 N–H and O–H groups in total. The fourth-order valence-electron chi connectivity index (χ4n) is 1.88. The van der Waals surface area contributed by atoms with Gasteiger partial charge in [0.15, 0.2) is 0 Å². The Morgan fingerprint density at radius 1 is 1.24 bits per heavy atom. The minimum absolute atomic E-state index is 0.0232. The van der Waals surface area contributed by atoms with Crippen molar-refractivity contribution in [3.8, 4) is 5.75 Å². The smallest absolute Gasteiger partial charge is 0.261 e. The van der Waals surface area contributed by atoms with Crippen LogP contribution >= 0.6 is 10.7 Å². The molecule has 1 atom stereocenters. The van der Waals surface area contributed by atoms with Crippen LogP contribution in [0.3, 0.4) is 0 Å². The van der Waals surface area contributed by atoms with Gasteiger partial charge in [0.05, 0.1) is 17.4 Å². The van der Waals surface area contributed by atoms with Crippen LogP contribution in [0.1, 0.15) is 6.92 Å². The highest BCUT2D eigenvalue weighted by Crippen LogP contribution is 2.32. The molecular formula is C14H14ClNO4S. The summed E-state index contributed by atoms with van der Waals surface area (Å²) in [5.74, 6) is -0.428. The number of fused-ring (bicyclic) bond motifs is 1. The van der Waals surface area contributed by atoms with E-state index < -0.39 is 20.9 Å². The number of primary amides is 1. The zero-order valence-electron chi connectivity index (χ0n) is 11.2. The average molecular weight is 328 g/mol. The fraction of sp³-hybridized carbons (Fsp3) is 0.214. The molecule has 1 amide bonds. The van der Waals surface area contributed by atoms with Crippen molar-refractivity contribution >= 4 is 36.4 Å². The number of benzene rings is 2. The van der Waals surface area contributed by atoms with Gasteiger partial charge in [-0.15, -0.1) is 0 Å². The number of carbonyl (C=O) groups is 1. The van der Waals surface area contributed by atoms with Crippen molar-refractivity contribution < 1.29 is 17.9 Å². The average Bonchev–Trinajstić information content (AvgIpc) is 2.42. The van der Waals surface area contributed by atoms with Gasteiger partial charge in [-0.1, -0.05) is 31.2 Å². The molecule has 1 unspecified atom stereocenters.